The molecule has 2 fully saturated rings. The molecule has 0 aromatic heterocycles. The van der Waals surface area contributed by atoms with Crippen molar-refractivity contribution in [3.8, 4) is 0 Å². The van der Waals surface area contributed by atoms with Crippen molar-refractivity contribution >= 4 is 0 Å². The van der Waals surface area contributed by atoms with Crippen LogP contribution >= 0.6 is 0 Å². The van der Waals surface area contributed by atoms with Crippen LogP contribution in [0, 0.1) is 0 Å². The molecule has 4 heteroatoms. The van der Waals surface area contributed by atoms with Gasteiger partial charge in [0, 0.05) is 19.6 Å². The van der Waals surface area contributed by atoms with E-state index in [9.17, 15) is 0 Å². The van der Waals surface area contributed by atoms with Gasteiger partial charge < -0.3 is 14.2 Å². The molecule has 0 radical (unpaired) electrons. The molecule has 2 heterocycles. The van der Waals surface area contributed by atoms with E-state index in [-0.39, 0.29) is 6.10 Å². The predicted molar refractivity (Wildman–Crippen MR) is 61.4 cm³/mol. The third-order valence-corrected chi connectivity index (χ3v) is 3.02. The molecule has 0 amide bonds. The minimum absolute atomic E-state index is 0.201. The fourth-order valence-electron chi connectivity index (χ4n) is 2.57. The van der Waals surface area contributed by atoms with E-state index in [0.717, 1.165) is 19.6 Å². The minimum Gasteiger partial charge on any atom is -0.373 e. The largest absolute Gasteiger partial charge is 0.373 e. The quantitative estimate of drug-likeness (QED) is 0.713. The summed E-state index contributed by atoms with van der Waals surface area (Å²) in [6, 6.07) is 0. The van der Waals surface area contributed by atoms with E-state index < -0.39 is 5.79 Å². The number of morpholine rings is 1. The number of rotatable bonds is 2. The fraction of sp³-hybridized carbons (Fsp3) is 1.00. The molecule has 4 nitrogen and oxygen atoms in total. The summed E-state index contributed by atoms with van der Waals surface area (Å²) in [5.41, 5.74) is 0. The minimum atomic E-state index is -0.409. The molecule has 0 aromatic rings. The van der Waals surface area contributed by atoms with Crippen LogP contribution in [-0.2, 0) is 14.2 Å². The molecule has 94 valence electrons. The van der Waals surface area contributed by atoms with E-state index in [1.807, 2.05) is 13.8 Å². The van der Waals surface area contributed by atoms with Gasteiger partial charge in [-0.1, -0.05) is 0 Å². The Morgan fingerprint density at radius 1 is 1.19 bits per heavy atom. The van der Waals surface area contributed by atoms with Gasteiger partial charge in [-0.2, -0.15) is 0 Å². The first kappa shape index (κ1) is 12.3. The molecule has 0 N–H and O–H groups in total. The SMILES string of the molecule is C[C@@H]1CN(C[C@H]2COC(C)(C)O2)C[C@@H](C)O1. The summed E-state index contributed by atoms with van der Waals surface area (Å²) >= 11 is 0. The summed E-state index contributed by atoms with van der Waals surface area (Å²) in [5.74, 6) is -0.409. The Labute approximate surface area is 97.8 Å². The first-order valence-corrected chi connectivity index (χ1v) is 6.14. The molecular formula is C12H23NO3. The topological polar surface area (TPSA) is 30.9 Å². The molecule has 0 spiro atoms. The number of nitrogens with zero attached hydrogens (tertiary/aromatic N) is 1. The van der Waals surface area contributed by atoms with Crippen molar-refractivity contribution < 1.29 is 14.2 Å². The third-order valence-electron chi connectivity index (χ3n) is 3.02. The Morgan fingerprint density at radius 2 is 1.81 bits per heavy atom. The average Bonchev–Trinajstić information content (AvgIpc) is 2.43. The predicted octanol–water partition coefficient (Wildman–Crippen LogP) is 1.25. The van der Waals surface area contributed by atoms with Crippen molar-refractivity contribution in [2.24, 2.45) is 0 Å². The van der Waals surface area contributed by atoms with Crippen LogP contribution in [0.5, 0.6) is 0 Å². The van der Waals surface area contributed by atoms with Gasteiger partial charge in [0.25, 0.3) is 0 Å². The Hall–Kier alpha value is -0.160. The van der Waals surface area contributed by atoms with Crippen LogP contribution in [0.2, 0.25) is 0 Å². The lowest BCUT2D eigenvalue weighted by molar-refractivity contribution is -0.144. The lowest BCUT2D eigenvalue weighted by Crippen LogP contribution is -2.48. The Morgan fingerprint density at radius 3 is 2.31 bits per heavy atom. The number of hydrogen-bond donors (Lipinski definition) is 0. The second-order valence-corrected chi connectivity index (χ2v) is 5.43. The summed E-state index contributed by atoms with van der Waals surface area (Å²) in [6.07, 6.45) is 0.839. The van der Waals surface area contributed by atoms with Gasteiger partial charge in [0.2, 0.25) is 0 Å². The van der Waals surface area contributed by atoms with Crippen LogP contribution < -0.4 is 0 Å². The maximum atomic E-state index is 5.82. The molecule has 0 aliphatic carbocycles. The molecule has 2 rings (SSSR count). The Balaban J connectivity index is 1.81. The molecule has 2 saturated heterocycles. The smallest absolute Gasteiger partial charge is 0.163 e. The van der Waals surface area contributed by atoms with Crippen LogP contribution in [0.15, 0.2) is 0 Å². The van der Waals surface area contributed by atoms with Crippen molar-refractivity contribution in [2.75, 3.05) is 26.2 Å². The standard InChI is InChI=1S/C12H23NO3/c1-9-5-13(6-10(2)15-9)7-11-8-14-12(3,4)16-11/h9-11H,5-8H2,1-4H3/t9-,10-,11+/m1/s1. The van der Waals surface area contributed by atoms with Crippen molar-refractivity contribution in [3.05, 3.63) is 0 Å². The van der Waals surface area contributed by atoms with Gasteiger partial charge in [-0.3, -0.25) is 4.90 Å². The molecule has 0 bridgehead atoms. The maximum Gasteiger partial charge on any atom is 0.163 e. The molecular weight excluding hydrogens is 206 g/mol. The Bertz CT molecular complexity index is 234. The summed E-state index contributed by atoms with van der Waals surface area (Å²) in [5, 5.41) is 0. The molecule has 2 aliphatic rings. The zero-order chi connectivity index (χ0) is 11.8. The molecule has 0 saturated carbocycles. The molecule has 0 aromatic carbocycles. The van der Waals surface area contributed by atoms with Crippen LogP contribution in [-0.4, -0.2) is 55.2 Å². The fourth-order valence-corrected chi connectivity index (χ4v) is 2.57. The van der Waals surface area contributed by atoms with Crippen molar-refractivity contribution in [1.82, 2.24) is 4.90 Å². The Kier molecular flexibility index (Phi) is 3.54. The van der Waals surface area contributed by atoms with Gasteiger partial charge in [-0.15, -0.1) is 0 Å². The number of hydrogen-bond acceptors (Lipinski definition) is 4. The van der Waals surface area contributed by atoms with Gasteiger partial charge in [0.1, 0.15) is 0 Å². The van der Waals surface area contributed by atoms with Crippen molar-refractivity contribution in [3.63, 3.8) is 0 Å². The van der Waals surface area contributed by atoms with Crippen LogP contribution in [0.25, 0.3) is 0 Å². The summed E-state index contributed by atoms with van der Waals surface area (Å²) in [4.78, 5) is 2.41. The van der Waals surface area contributed by atoms with E-state index in [2.05, 4.69) is 18.7 Å². The van der Waals surface area contributed by atoms with E-state index in [0.29, 0.717) is 18.8 Å². The van der Waals surface area contributed by atoms with E-state index in [4.69, 9.17) is 14.2 Å². The lowest BCUT2D eigenvalue weighted by atomic mass is 10.2. The highest BCUT2D eigenvalue weighted by Crippen LogP contribution is 2.23. The highest BCUT2D eigenvalue weighted by molar-refractivity contribution is 4.79. The third kappa shape index (κ3) is 3.17. The summed E-state index contributed by atoms with van der Waals surface area (Å²) < 4.78 is 17.1. The normalized spacial score (nSPS) is 40.1. The monoisotopic (exact) mass is 229 g/mol. The number of ether oxygens (including phenoxy) is 3. The average molecular weight is 229 g/mol. The first-order chi connectivity index (χ1) is 7.44. The zero-order valence-electron chi connectivity index (χ0n) is 10.7. The van der Waals surface area contributed by atoms with Crippen molar-refractivity contribution in [2.45, 2.75) is 51.8 Å². The molecule has 3 atom stereocenters. The summed E-state index contributed by atoms with van der Waals surface area (Å²) in [7, 11) is 0. The van der Waals surface area contributed by atoms with Gasteiger partial charge >= 0.3 is 0 Å². The van der Waals surface area contributed by atoms with Crippen LogP contribution in [0.1, 0.15) is 27.7 Å². The van der Waals surface area contributed by atoms with Crippen molar-refractivity contribution in [1.29, 1.82) is 0 Å². The van der Waals surface area contributed by atoms with Gasteiger partial charge in [-0.05, 0) is 27.7 Å². The second kappa shape index (κ2) is 4.61. The zero-order valence-corrected chi connectivity index (χ0v) is 10.7. The van der Waals surface area contributed by atoms with Crippen LogP contribution in [0.3, 0.4) is 0 Å². The van der Waals surface area contributed by atoms with E-state index in [1.165, 1.54) is 0 Å². The highest BCUT2D eigenvalue weighted by atomic mass is 16.7. The van der Waals surface area contributed by atoms with Crippen LogP contribution in [0.4, 0.5) is 0 Å². The second-order valence-electron chi connectivity index (χ2n) is 5.43. The van der Waals surface area contributed by atoms with Gasteiger partial charge in [0.05, 0.1) is 24.9 Å². The molecule has 16 heavy (non-hydrogen) atoms. The molecule has 0 unspecified atom stereocenters. The highest BCUT2D eigenvalue weighted by Gasteiger charge is 2.34. The van der Waals surface area contributed by atoms with Gasteiger partial charge in [-0.25, -0.2) is 0 Å². The lowest BCUT2D eigenvalue weighted by Gasteiger charge is -2.36. The van der Waals surface area contributed by atoms with Gasteiger partial charge in [0.15, 0.2) is 5.79 Å². The first-order valence-electron chi connectivity index (χ1n) is 6.14. The molecule has 2 aliphatic heterocycles. The van der Waals surface area contributed by atoms with E-state index >= 15 is 0 Å². The van der Waals surface area contributed by atoms with E-state index in [1.54, 1.807) is 0 Å². The summed E-state index contributed by atoms with van der Waals surface area (Å²) in [6.45, 7) is 11.8. The maximum absolute atomic E-state index is 5.82.